The molecule has 0 N–H and O–H groups in total. The molecule has 0 saturated carbocycles. The van der Waals surface area contributed by atoms with Crippen LogP contribution in [0.4, 0.5) is 0 Å². The summed E-state index contributed by atoms with van der Waals surface area (Å²) in [6, 6.07) is 0. The minimum Gasteiger partial charge on any atom is -0.462 e. The van der Waals surface area contributed by atoms with Crippen LogP contribution in [-0.4, -0.2) is 36.5 Å². The zero-order valence-corrected chi connectivity index (χ0v) is 7.66. The maximum Gasteiger partial charge on any atom is 0.325 e. The van der Waals surface area contributed by atoms with E-state index >= 15 is 0 Å². The number of ether oxygens (including phenoxy) is 1. The Balaban J connectivity index is 3.77. The van der Waals surface area contributed by atoms with Crippen molar-refractivity contribution in [3.63, 3.8) is 0 Å². The van der Waals surface area contributed by atoms with Crippen LogP contribution in [0, 0.1) is 6.92 Å². The Hall–Kier alpha value is -1.06. The number of nitrogens with zero attached hydrogens (tertiary/aromatic N) is 1. The Bertz CT molecular complexity index is 177. The molecule has 1 amide bonds. The number of esters is 1. The number of amides is 1. The summed E-state index contributed by atoms with van der Waals surface area (Å²) in [6.45, 7) is 6.62. The maximum absolute atomic E-state index is 10.9. The second kappa shape index (κ2) is 4.74. The molecule has 0 aliphatic heterocycles. The fourth-order valence-electron chi connectivity index (χ4n) is 0.582. The normalized spacial score (nSPS) is 9.75. The largest absolute Gasteiger partial charge is 0.462 e. The smallest absolute Gasteiger partial charge is 0.325 e. The first kappa shape index (κ1) is 10.9. The van der Waals surface area contributed by atoms with Crippen LogP contribution in [0.25, 0.3) is 0 Å². The van der Waals surface area contributed by atoms with Gasteiger partial charge in [-0.2, -0.15) is 0 Å². The number of carbonyl (C=O) groups is 2. The van der Waals surface area contributed by atoms with Crippen LogP contribution >= 0.6 is 0 Å². The fraction of sp³-hybridized carbons (Fsp3) is 0.625. The molecule has 0 atom stereocenters. The summed E-state index contributed by atoms with van der Waals surface area (Å²) in [4.78, 5) is 22.7. The lowest BCUT2D eigenvalue weighted by Gasteiger charge is -2.14. The van der Waals surface area contributed by atoms with Gasteiger partial charge in [0, 0.05) is 14.0 Å². The molecule has 4 heteroatoms. The van der Waals surface area contributed by atoms with E-state index in [1.807, 2.05) is 0 Å². The molecule has 0 saturated heterocycles. The first-order valence-corrected chi connectivity index (χ1v) is 3.70. The van der Waals surface area contributed by atoms with Crippen molar-refractivity contribution in [2.75, 3.05) is 13.6 Å². The summed E-state index contributed by atoms with van der Waals surface area (Å²) in [6.07, 6.45) is -0.147. The van der Waals surface area contributed by atoms with Gasteiger partial charge in [0.25, 0.3) is 0 Å². The molecule has 0 unspecified atom stereocenters. The van der Waals surface area contributed by atoms with Crippen molar-refractivity contribution in [3.8, 4) is 0 Å². The average molecular weight is 172 g/mol. The number of hydrogen-bond acceptors (Lipinski definition) is 3. The molecule has 0 aliphatic rings. The minimum atomic E-state index is -0.412. The summed E-state index contributed by atoms with van der Waals surface area (Å²) < 4.78 is 4.81. The first-order valence-electron chi connectivity index (χ1n) is 3.70. The van der Waals surface area contributed by atoms with Crippen LogP contribution in [0.3, 0.4) is 0 Å². The van der Waals surface area contributed by atoms with Crippen molar-refractivity contribution in [1.29, 1.82) is 0 Å². The molecule has 0 heterocycles. The van der Waals surface area contributed by atoms with E-state index in [1.165, 1.54) is 11.9 Å². The lowest BCUT2D eigenvalue weighted by atomic mass is 10.4. The van der Waals surface area contributed by atoms with Gasteiger partial charge in [0.1, 0.15) is 6.54 Å². The third-order valence-corrected chi connectivity index (χ3v) is 1.16. The van der Waals surface area contributed by atoms with Crippen LogP contribution < -0.4 is 0 Å². The average Bonchev–Trinajstić information content (AvgIpc) is 1.84. The summed E-state index contributed by atoms with van der Waals surface area (Å²) in [5.74, 6) is -0.805. The molecule has 69 valence electrons. The number of carbonyl (C=O) groups excluding carboxylic acids is 2. The zero-order valence-electron chi connectivity index (χ0n) is 7.66. The van der Waals surface area contributed by atoms with Gasteiger partial charge in [0.15, 0.2) is 0 Å². The van der Waals surface area contributed by atoms with Crippen LogP contribution in [0.5, 0.6) is 0 Å². The number of hydrogen-bond donors (Lipinski definition) is 0. The van der Waals surface area contributed by atoms with E-state index < -0.39 is 11.9 Å². The van der Waals surface area contributed by atoms with Crippen molar-refractivity contribution in [2.24, 2.45) is 0 Å². The van der Waals surface area contributed by atoms with Crippen molar-refractivity contribution >= 4 is 11.9 Å². The summed E-state index contributed by atoms with van der Waals surface area (Å²) in [5, 5.41) is 0. The summed E-state index contributed by atoms with van der Waals surface area (Å²) in [5.41, 5.74) is 0. The van der Waals surface area contributed by atoms with Gasteiger partial charge in [-0.1, -0.05) is 0 Å². The zero-order chi connectivity index (χ0) is 9.72. The molecule has 0 fully saturated rings. The van der Waals surface area contributed by atoms with Crippen LogP contribution in [0.1, 0.15) is 13.8 Å². The highest BCUT2D eigenvalue weighted by molar-refractivity contribution is 5.84. The topological polar surface area (TPSA) is 46.6 Å². The van der Waals surface area contributed by atoms with Gasteiger partial charge in [-0.3, -0.25) is 9.59 Å². The Morgan fingerprint density at radius 1 is 1.50 bits per heavy atom. The minimum absolute atomic E-state index is 0.0412. The van der Waals surface area contributed by atoms with Crippen LogP contribution in [0.2, 0.25) is 0 Å². The van der Waals surface area contributed by atoms with Gasteiger partial charge < -0.3 is 9.64 Å². The van der Waals surface area contributed by atoms with Gasteiger partial charge in [-0.25, -0.2) is 0 Å². The van der Waals surface area contributed by atoms with Crippen LogP contribution in [-0.2, 0) is 14.3 Å². The SMILES string of the molecule is [CH2]C(=O)N(C)CC(=O)OC(C)C. The molecule has 1 radical (unpaired) electrons. The van der Waals surface area contributed by atoms with E-state index in [2.05, 4.69) is 6.92 Å². The second-order valence-corrected chi connectivity index (χ2v) is 2.79. The molecule has 0 aromatic rings. The second-order valence-electron chi connectivity index (χ2n) is 2.79. The Labute approximate surface area is 72.5 Å². The van der Waals surface area contributed by atoms with E-state index in [0.29, 0.717) is 0 Å². The fourth-order valence-corrected chi connectivity index (χ4v) is 0.582. The lowest BCUT2D eigenvalue weighted by molar-refractivity contribution is -0.150. The summed E-state index contributed by atoms with van der Waals surface area (Å²) >= 11 is 0. The molecule has 0 aliphatic carbocycles. The molecular formula is C8H14NO3. The molecule has 0 aromatic carbocycles. The van der Waals surface area contributed by atoms with E-state index in [1.54, 1.807) is 13.8 Å². The van der Waals surface area contributed by atoms with Crippen LogP contribution in [0.15, 0.2) is 0 Å². The Kier molecular flexibility index (Phi) is 4.33. The highest BCUT2D eigenvalue weighted by Crippen LogP contribution is 1.91. The van der Waals surface area contributed by atoms with E-state index in [4.69, 9.17) is 4.74 Å². The molecule has 4 nitrogen and oxygen atoms in total. The Morgan fingerprint density at radius 3 is 2.33 bits per heavy atom. The molecule has 12 heavy (non-hydrogen) atoms. The molecule has 0 aromatic heterocycles. The predicted molar refractivity (Wildman–Crippen MR) is 44.2 cm³/mol. The highest BCUT2D eigenvalue weighted by atomic mass is 16.5. The molecule has 0 bridgehead atoms. The maximum atomic E-state index is 10.9. The van der Waals surface area contributed by atoms with Crippen molar-refractivity contribution in [3.05, 3.63) is 6.92 Å². The van der Waals surface area contributed by atoms with Crippen molar-refractivity contribution in [2.45, 2.75) is 20.0 Å². The predicted octanol–water partition coefficient (Wildman–Crippen LogP) is 0.230. The molecular weight excluding hydrogens is 158 g/mol. The van der Waals surface area contributed by atoms with E-state index in [9.17, 15) is 9.59 Å². The van der Waals surface area contributed by atoms with Crippen molar-refractivity contribution in [1.82, 2.24) is 4.90 Å². The van der Waals surface area contributed by atoms with Gasteiger partial charge in [-0.05, 0) is 13.8 Å². The van der Waals surface area contributed by atoms with Crippen molar-refractivity contribution < 1.29 is 14.3 Å². The summed E-state index contributed by atoms with van der Waals surface area (Å²) in [7, 11) is 1.50. The van der Waals surface area contributed by atoms with E-state index in [0.717, 1.165) is 0 Å². The monoisotopic (exact) mass is 172 g/mol. The van der Waals surface area contributed by atoms with Gasteiger partial charge in [0.05, 0.1) is 6.10 Å². The standard InChI is InChI=1S/C8H14NO3/c1-6(2)12-8(11)5-9(4)7(3)10/h6H,3,5H2,1-2,4H3. The Morgan fingerprint density at radius 2 is 2.00 bits per heavy atom. The third-order valence-electron chi connectivity index (χ3n) is 1.16. The van der Waals surface area contributed by atoms with Gasteiger partial charge in [0.2, 0.25) is 5.91 Å². The highest BCUT2D eigenvalue weighted by Gasteiger charge is 2.10. The lowest BCUT2D eigenvalue weighted by Crippen LogP contribution is -2.32. The van der Waals surface area contributed by atoms with Gasteiger partial charge >= 0.3 is 5.97 Å². The quantitative estimate of drug-likeness (QED) is 0.572. The van der Waals surface area contributed by atoms with Gasteiger partial charge in [-0.15, -0.1) is 0 Å². The first-order chi connectivity index (χ1) is 5.43. The third kappa shape index (κ3) is 4.71. The van der Waals surface area contributed by atoms with E-state index in [-0.39, 0.29) is 12.6 Å². The molecule has 0 spiro atoms. The molecule has 0 rings (SSSR count). The number of likely N-dealkylation sites (N-methyl/N-ethyl adjacent to an activating group) is 1. The number of rotatable bonds is 3.